The summed E-state index contributed by atoms with van der Waals surface area (Å²) in [6, 6.07) is 9.59. The molecule has 10 heteroatoms. The number of alkyl halides is 3. The molecule has 0 aliphatic carbocycles. The average molecular weight is 442 g/mol. The maximum Gasteiger partial charge on any atom is 0.418 e. The predicted molar refractivity (Wildman–Crippen MR) is 116 cm³/mol. The van der Waals surface area contributed by atoms with Gasteiger partial charge in [0.1, 0.15) is 0 Å². The highest BCUT2D eigenvalue weighted by atomic mass is 19.4. The average Bonchev–Trinajstić information content (AvgIpc) is 3.23. The molecule has 1 aromatic heterocycles. The zero-order valence-corrected chi connectivity index (χ0v) is 17.5. The number of carbonyl (C=O) groups is 1. The van der Waals surface area contributed by atoms with Crippen molar-refractivity contribution < 1.29 is 18.0 Å². The molecule has 0 unspecified atom stereocenters. The van der Waals surface area contributed by atoms with Crippen molar-refractivity contribution in [1.29, 1.82) is 0 Å². The van der Waals surface area contributed by atoms with Gasteiger partial charge in [-0.25, -0.2) is 4.68 Å². The van der Waals surface area contributed by atoms with Crippen molar-refractivity contribution in [2.45, 2.75) is 25.9 Å². The van der Waals surface area contributed by atoms with Crippen LogP contribution in [0.25, 0.3) is 5.69 Å². The number of rotatable bonds is 5. The Morgan fingerprint density at radius 1 is 1.22 bits per heavy atom. The van der Waals surface area contributed by atoms with Crippen LogP contribution >= 0.6 is 0 Å². The van der Waals surface area contributed by atoms with E-state index < -0.39 is 17.6 Å². The van der Waals surface area contributed by atoms with E-state index >= 15 is 0 Å². The van der Waals surface area contributed by atoms with E-state index in [9.17, 15) is 18.0 Å². The lowest BCUT2D eigenvalue weighted by Crippen LogP contribution is -2.22. The van der Waals surface area contributed by atoms with E-state index in [4.69, 9.17) is 0 Å². The molecule has 0 bridgehead atoms. The largest absolute Gasteiger partial charge is 0.418 e. The summed E-state index contributed by atoms with van der Waals surface area (Å²) < 4.78 is 42.8. The summed E-state index contributed by atoms with van der Waals surface area (Å²) in [5.41, 5.74) is 1.38. The number of fused-ring (bicyclic) bond motifs is 1. The van der Waals surface area contributed by atoms with Gasteiger partial charge in [0.2, 0.25) is 5.91 Å². The van der Waals surface area contributed by atoms with Crippen LogP contribution < -0.4 is 10.2 Å². The lowest BCUT2D eigenvalue weighted by molar-refractivity contribution is -0.137. The Hall–Kier alpha value is -3.69. The predicted octanol–water partition coefficient (Wildman–Crippen LogP) is 4.60. The fourth-order valence-corrected chi connectivity index (χ4v) is 3.64. The Morgan fingerprint density at radius 3 is 2.72 bits per heavy atom. The van der Waals surface area contributed by atoms with Gasteiger partial charge in [-0.05, 0) is 36.2 Å². The zero-order valence-electron chi connectivity index (χ0n) is 17.5. The highest BCUT2D eigenvalue weighted by molar-refractivity contribution is 6.17. The minimum absolute atomic E-state index is 0.0220. The molecule has 32 heavy (non-hydrogen) atoms. The highest BCUT2D eigenvalue weighted by Crippen LogP contribution is 2.43. The number of amides is 1. The number of aromatic nitrogens is 3. The summed E-state index contributed by atoms with van der Waals surface area (Å²) in [5.74, 6) is -0.434. The van der Waals surface area contributed by atoms with Gasteiger partial charge in [-0.15, -0.1) is 5.10 Å². The molecule has 2 heterocycles. The molecule has 3 aromatic rings. The third kappa shape index (κ3) is 4.34. The van der Waals surface area contributed by atoms with Crippen LogP contribution in [0.1, 0.15) is 30.9 Å². The first-order valence-electron chi connectivity index (χ1n) is 10.1. The second kappa shape index (κ2) is 8.45. The molecule has 0 atom stereocenters. The molecular weight excluding hydrogens is 421 g/mol. The van der Waals surface area contributed by atoms with Gasteiger partial charge in [-0.2, -0.15) is 13.2 Å². The van der Waals surface area contributed by atoms with Crippen molar-refractivity contribution in [3.05, 3.63) is 59.9 Å². The molecule has 166 valence electrons. The van der Waals surface area contributed by atoms with Crippen molar-refractivity contribution in [3.8, 4) is 5.69 Å². The minimum atomic E-state index is -4.57. The van der Waals surface area contributed by atoms with Gasteiger partial charge in [-0.3, -0.25) is 9.79 Å². The number of halogens is 3. The molecule has 7 nitrogen and oxygen atoms in total. The smallest absolute Gasteiger partial charge is 0.374 e. The summed E-state index contributed by atoms with van der Waals surface area (Å²) in [5, 5.41) is 10.3. The molecule has 4 rings (SSSR count). The van der Waals surface area contributed by atoms with Gasteiger partial charge in [0.05, 0.1) is 52.8 Å². The molecule has 0 saturated carbocycles. The quantitative estimate of drug-likeness (QED) is 0.627. The van der Waals surface area contributed by atoms with Crippen LogP contribution in [0.2, 0.25) is 0 Å². The number of hydrogen-bond donors (Lipinski definition) is 1. The van der Waals surface area contributed by atoms with E-state index in [2.05, 4.69) is 20.6 Å². The van der Waals surface area contributed by atoms with Crippen LogP contribution in [0, 0.1) is 0 Å². The van der Waals surface area contributed by atoms with Crippen LogP contribution in [0.5, 0.6) is 0 Å². The number of hydrogen-bond acceptors (Lipinski definition) is 5. The minimum Gasteiger partial charge on any atom is -0.374 e. The molecule has 0 fully saturated rings. The number of nitrogens with one attached hydrogen (secondary N) is 1. The van der Waals surface area contributed by atoms with Gasteiger partial charge >= 0.3 is 6.18 Å². The van der Waals surface area contributed by atoms with Crippen molar-refractivity contribution in [2.24, 2.45) is 4.99 Å². The highest BCUT2D eigenvalue weighted by Gasteiger charge is 2.36. The van der Waals surface area contributed by atoms with Crippen molar-refractivity contribution in [1.82, 2.24) is 15.0 Å². The fraction of sp³-hybridized carbons (Fsp3) is 0.273. The molecule has 1 N–H and O–H groups in total. The van der Waals surface area contributed by atoms with Gasteiger partial charge in [0.25, 0.3) is 0 Å². The SMILES string of the molecule is CCCN(C)c1cc2c(cc1C(F)(F)F)NC(=O)CC(c1cccc(-n3ccnn3)c1)=N2. The monoisotopic (exact) mass is 442 g/mol. The molecule has 1 aliphatic rings. The number of nitrogens with zero attached hydrogens (tertiary/aromatic N) is 5. The summed E-state index contributed by atoms with van der Waals surface area (Å²) in [6.45, 7) is 2.34. The van der Waals surface area contributed by atoms with Gasteiger partial charge in [0.15, 0.2) is 0 Å². The van der Waals surface area contributed by atoms with Crippen LogP contribution in [0.15, 0.2) is 53.8 Å². The lowest BCUT2D eigenvalue weighted by Gasteiger charge is -2.24. The van der Waals surface area contributed by atoms with Crippen molar-refractivity contribution in [3.63, 3.8) is 0 Å². The maximum atomic E-state index is 13.7. The van der Waals surface area contributed by atoms with E-state index in [0.29, 0.717) is 24.2 Å². The van der Waals surface area contributed by atoms with Crippen LogP contribution in [0.3, 0.4) is 0 Å². The Kier molecular flexibility index (Phi) is 5.68. The normalized spacial score (nSPS) is 13.8. The first-order chi connectivity index (χ1) is 15.3. The standard InChI is InChI=1S/C22H21F3N6O/c1-3-8-30(2)20-12-19-18(11-16(20)22(23,24)25)28-21(32)13-17(27-19)14-5-4-6-15(10-14)31-9-7-26-29-31/h4-7,9-12H,3,8,13H2,1-2H3,(H,28,32). The molecule has 1 amide bonds. The second-order valence-corrected chi connectivity index (χ2v) is 7.49. The Morgan fingerprint density at radius 2 is 2.03 bits per heavy atom. The van der Waals surface area contributed by atoms with E-state index in [1.165, 1.54) is 6.07 Å². The van der Waals surface area contributed by atoms with Gasteiger partial charge in [-0.1, -0.05) is 24.3 Å². The number of anilines is 2. The summed E-state index contributed by atoms with van der Waals surface area (Å²) in [7, 11) is 1.61. The van der Waals surface area contributed by atoms with Crippen molar-refractivity contribution >= 4 is 28.7 Å². The van der Waals surface area contributed by atoms with Gasteiger partial charge < -0.3 is 10.2 Å². The molecule has 0 saturated heterocycles. The number of benzene rings is 2. The van der Waals surface area contributed by atoms with E-state index in [0.717, 1.165) is 11.8 Å². The van der Waals surface area contributed by atoms with Gasteiger partial charge in [0, 0.05) is 13.6 Å². The molecule has 0 radical (unpaired) electrons. The zero-order chi connectivity index (χ0) is 22.9. The summed E-state index contributed by atoms with van der Waals surface area (Å²) >= 11 is 0. The van der Waals surface area contributed by atoms with Crippen molar-refractivity contribution in [2.75, 3.05) is 23.8 Å². The fourth-order valence-electron chi connectivity index (χ4n) is 3.64. The van der Waals surface area contributed by atoms with Crippen LogP contribution in [-0.2, 0) is 11.0 Å². The molecule has 0 spiro atoms. The third-order valence-electron chi connectivity index (χ3n) is 5.11. The number of carbonyl (C=O) groups excluding carboxylic acids is 1. The lowest BCUT2D eigenvalue weighted by atomic mass is 10.1. The van der Waals surface area contributed by atoms with E-state index in [-0.39, 0.29) is 23.5 Å². The first kappa shape index (κ1) is 21.5. The first-order valence-corrected chi connectivity index (χ1v) is 10.1. The van der Waals surface area contributed by atoms with Crippen LogP contribution in [-0.4, -0.2) is 40.2 Å². The topological polar surface area (TPSA) is 75.4 Å². The molecule has 1 aliphatic heterocycles. The summed E-state index contributed by atoms with van der Waals surface area (Å²) in [4.78, 5) is 18.7. The summed E-state index contributed by atoms with van der Waals surface area (Å²) in [6.07, 6.45) is -0.721. The maximum absolute atomic E-state index is 13.7. The third-order valence-corrected chi connectivity index (χ3v) is 5.11. The Balaban J connectivity index is 1.83. The van der Waals surface area contributed by atoms with E-state index in [1.807, 2.05) is 13.0 Å². The Labute approximate surface area is 182 Å². The van der Waals surface area contributed by atoms with E-state index in [1.54, 1.807) is 47.2 Å². The molecular formula is C22H21F3N6O. The Bertz CT molecular complexity index is 1170. The molecule has 2 aromatic carbocycles. The van der Waals surface area contributed by atoms with Crippen LogP contribution in [0.4, 0.5) is 30.2 Å². The number of aliphatic imine (C=N–C) groups is 1. The second-order valence-electron chi connectivity index (χ2n) is 7.49.